The lowest BCUT2D eigenvalue weighted by atomic mass is 10.1. The molecule has 13 heteroatoms. The number of amidine groups is 1. The molecule has 10 nitrogen and oxygen atoms in total. The number of halogens is 2. The molecule has 0 radical (unpaired) electrons. The number of aromatic nitrogens is 1. The molecule has 0 spiro atoms. The number of rotatable bonds is 7. The first-order valence-corrected chi connectivity index (χ1v) is 13.1. The van der Waals surface area contributed by atoms with Gasteiger partial charge >= 0.3 is 0 Å². The van der Waals surface area contributed by atoms with Gasteiger partial charge in [-0.3, -0.25) is 14.7 Å². The Labute approximate surface area is 226 Å². The van der Waals surface area contributed by atoms with E-state index in [1.807, 2.05) is 13.8 Å². The first-order valence-electron chi connectivity index (χ1n) is 11.6. The highest BCUT2D eigenvalue weighted by molar-refractivity contribution is 7.92. The molecular weight excluding hydrogens is 528 g/mol. The molecule has 3 rings (SSSR count). The predicted molar refractivity (Wildman–Crippen MR) is 148 cm³/mol. The fourth-order valence-corrected chi connectivity index (χ4v) is 4.34. The molecule has 0 unspecified atom stereocenters. The molecule has 0 aliphatic carbocycles. The van der Waals surface area contributed by atoms with Gasteiger partial charge in [0, 0.05) is 25.1 Å². The summed E-state index contributed by atoms with van der Waals surface area (Å²) in [6.07, 6.45) is 3.79. The van der Waals surface area contributed by atoms with Crippen LogP contribution in [0.1, 0.15) is 38.8 Å². The number of nitrogens with one attached hydrogen (secondary N) is 3. The number of hydrogen-bond acceptors (Lipinski definition) is 8. The molecule has 1 aromatic carbocycles. The van der Waals surface area contributed by atoms with Crippen molar-refractivity contribution in [2.24, 2.45) is 9.98 Å². The van der Waals surface area contributed by atoms with E-state index in [4.69, 9.17) is 10.00 Å². The standard InChI is InChI=1S/C24H23F2N7O3S.C2H6/c1-13(14(2)32-15(3)28-4)19-11-30-20(12-29-19)22-17(25)6-7-18(23(22)26)33-37(34,35)21-8-16(9-27)10-31-24(21)36-5;1-2/h6-8,10-12,29,33H,2H2,1,3-5H3,(H,28,32);1-2H3/b19-13+;. The fraction of sp³-hybridized carbons (Fsp3) is 0.231. The number of aliphatic imine (C=N–C) groups is 2. The van der Waals surface area contributed by atoms with Gasteiger partial charge in [0.15, 0.2) is 10.7 Å². The third-order valence-corrected chi connectivity index (χ3v) is 6.60. The number of ether oxygens (including phenoxy) is 1. The Bertz CT molecular complexity index is 1540. The van der Waals surface area contributed by atoms with E-state index in [-0.39, 0.29) is 17.1 Å². The van der Waals surface area contributed by atoms with Gasteiger partial charge in [0.2, 0.25) is 5.88 Å². The van der Waals surface area contributed by atoms with Crippen molar-refractivity contribution in [2.45, 2.75) is 32.6 Å². The number of hydrogen-bond donors (Lipinski definition) is 3. The molecule has 3 N–H and O–H groups in total. The molecule has 2 aromatic rings. The summed E-state index contributed by atoms with van der Waals surface area (Å²) in [5, 5.41) is 15.0. The average molecular weight is 558 g/mol. The van der Waals surface area contributed by atoms with Crippen LogP contribution >= 0.6 is 0 Å². The zero-order valence-electron chi connectivity index (χ0n) is 22.3. The van der Waals surface area contributed by atoms with Crippen LogP contribution in [-0.2, 0) is 10.0 Å². The Morgan fingerprint density at radius 2 is 1.95 bits per heavy atom. The van der Waals surface area contributed by atoms with E-state index >= 15 is 4.39 Å². The average Bonchev–Trinajstić information content (AvgIpc) is 2.95. The van der Waals surface area contributed by atoms with Crippen LogP contribution in [0.2, 0.25) is 0 Å². The van der Waals surface area contributed by atoms with Gasteiger partial charge in [0.25, 0.3) is 10.0 Å². The Morgan fingerprint density at radius 1 is 1.26 bits per heavy atom. The highest BCUT2D eigenvalue weighted by atomic mass is 32.2. The summed E-state index contributed by atoms with van der Waals surface area (Å²) in [5.74, 6) is -1.81. The Morgan fingerprint density at radius 3 is 2.51 bits per heavy atom. The van der Waals surface area contributed by atoms with E-state index in [0.717, 1.165) is 24.4 Å². The van der Waals surface area contributed by atoms with Crippen LogP contribution in [0.3, 0.4) is 0 Å². The maximum absolute atomic E-state index is 15.4. The molecule has 0 amide bonds. The van der Waals surface area contributed by atoms with Crippen molar-refractivity contribution in [2.75, 3.05) is 18.9 Å². The molecule has 0 atom stereocenters. The minimum absolute atomic E-state index is 0.0524. The van der Waals surface area contributed by atoms with Crippen molar-refractivity contribution in [1.29, 1.82) is 5.26 Å². The number of methoxy groups -OCH3 is 1. The highest BCUT2D eigenvalue weighted by Crippen LogP contribution is 2.31. The number of allylic oxidation sites excluding steroid dienone is 2. The zero-order valence-corrected chi connectivity index (χ0v) is 23.2. The van der Waals surface area contributed by atoms with Crippen molar-refractivity contribution in [3.05, 3.63) is 76.9 Å². The van der Waals surface area contributed by atoms with Gasteiger partial charge in [-0.05, 0) is 37.6 Å². The second kappa shape index (κ2) is 13.3. The van der Waals surface area contributed by atoms with E-state index < -0.39 is 37.8 Å². The van der Waals surface area contributed by atoms with Crippen molar-refractivity contribution in [1.82, 2.24) is 15.6 Å². The van der Waals surface area contributed by atoms with Gasteiger partial charge in [0.1, 0.15) is 11.9 Å². The van der Waals surface area contributed by atoms with Crippen molar-refractivity contribution in [3.8, 4) is 11.9 Å². The normalized spacial score (nSPS) is 14.1. The van der Waals surface area contributed by atoms with E-state index in [1.54, 1.807) is 27.0 Å². The second-order valence-electron chi connectivity index (χ2n) is 7.62. The number of nitrogens with zero attached hydrogens (tertiary/aromatic N) is 4. The summed E-state index contributed by atoms with van der Waals surface area (Å²) in [5.41, 5.74) is 0.509. The van der Waals surface area contributed by atoms with E-state index in [2.05, 4.69) is 36.9 Å². The van der Waals surface area contributed by atoms with Crippen molar-refractivity contribution >= 4 is 33.5 Å². The first kappa shape index (κ1) is 30.7. The zero-order chi connectivity index (χ0) is 29.3. The fourth-order valence-electron chi connectivity index (χ4n) is 3.13. The number of sulfonamides is 1. The summed E-state index contributed by atoms with van der Waals surface area (Å²) in [6.45, 7) is 11.5. The van der Waals surface area contributed by atoms with Crippen LogP contribution in [0, 0.1) is 23.0 Å². The SMILES string of the molecule is C=C(NC(C)=NC)/C(C)=C1\C=NC(c2c(F)ccc(NS(=O)(=O)c3cc(C#N)cnc3OC)c2F)=CN1.CC. The van der Waals surface area contributed by atoms with E-state index in [0.29, 0.717) is 22.8 Å². The van der Waals surface area contributed by atoms with E-state index in [1.165, 1.54) is 19.5 Å². The van der Waals surface area contributed by atoms with Crippen LogP contribution < -0.4 is 20.1 Å². The second-order valence-corrected chi connectivity index (χ2v) is 9.27. The topological polar surface area (TPSA) is 141 Å². The molecule has 1 aliphatic heterocycles. The molecule has 2 heterocycles. The molecule has 1 aromatic heterocycles. The van der Waals surface area contributed by atoms with Crippen LogP contribution in [0.25, 0.3) is 5.70 Å². The van der Waals surface area contributed by atoms with Crippen molar-refractivity contribution < 1.29 is 21.9 Å². The third kappa shape index (κ3) is 7.05. The van der Waals surface area contributed by atoms with Crippen LogP contribution in [0.4, 0.5) is 14.5 Å². The summed E-state index contributed by atoms with van der Waals surface area (Å²) >= 11 is 0. The Balaban J connectivity index is 0.00000260. The van der Waals surface area contributed by atoms with Gasteiger partial charge in [-0.15, -0.1) is 0 Å². The number of nitriles is 1. The van der Waals surface area contributed by atoms with E-state index in [9.17, 15) is 12.8 Å². The van der Waals surface area contributed by atoms with Gasteiger partial charge in [-0.1, -0.05) is 20.4 Å². The molecule has 0 saturated carbocycles. The van der Waals surface area contributed by atoms with Gasteiger partial charge in [-0.2, -0.15) is 5.26 Å². The lowest BCUT2D eigenvalue weighted by molar-refractivity contribution is 0.385. The maximum atomic E-state index is 15.4. The Hall–Kier alpha value is -4.57. The molecule has 1 aliphatic rings. The lowest BCUT2D eigenvalue weighted by Gasteiger charge is -2.18. The largest absolute Gasteiger partial charge is 0.480 e. The number of benzene rings is 1. The summed E-state index contributed by atoms with van der Waals surface area (Å²) < 4.78 is 63.0. The predicted octanol–water partition coefficient (Wildman–Crippen LogP) is 4.46. The third-order valence-electron chi connectivity index (χ3n) is 5.24. The summed E-state index contributed by atoms with van der Waals surface area (Å²) in [4.78, 5) is 11.4. The summed E-state index contributed by atoms with van der Waals surface area (Å²) in [7, 11) is -1.65. The quantitative estimate of drug-likeness (QED) is 0.337. The van der Waals surface area contributed by atoms with Gasteiger partial charge < -0.3 is 15.4 Å². The van der Waals surface area contributed by atoms with Crippen LogP contribution in [0.15, 0.2) is 69.0 Å². The maximum Gasteiger partial charge on any atom is 0.267 e. The molecular formula is C26H29F2N7O3S. The number of pyridine rings is 1. The lowest BCUT2D eigenvalue weighted by Crippen LogP contribution is -2.23. The minimum Gasteiger partial charge on any atom is -0.480 e. The smallest absolute Gasteiger partial charge is 0.267 e. The van der Waals surface area contributed by atoms with Gasteiger partial charge in [0.05, 0.1) is 47.4 Å². The molecule has 206 valence electrons. The number of anilines is 1. The molecule has 39 heavy (non-hydrogen) atoms. The van der Waals surface area contributed by atoms with Crippen molar-refractivity contribution in [3.63, 3.8) is 0 Å². The van der Waals surface area contributed by atoms with Gasteiger partial charge in [-0.25, -0.2) is 22.2 Å². The van der Waals surface area contributed by atoms with Crippen LogP contribution in [-0.4, -0.2) is 39.6 Å². The minimum atomic E-state index is -4.47. The highest BCUT2D eigenvalue weighted by Gasteiger charge is 2.26. The Kier molecular flexibility index (Phi) is 10.4. The molecule has 0 fully saturated rings. The van der Waals surface area contributed by atoms with Crippen LogP contribution in [0.5, 0.6) is 5.88 Å². The molecule has 0 saturated heterocycles. The molecule has 0 bridgehead atoms. The monoisotopic (exact) mass is 557 g/mol. The summed E-state index contributed by atoms with van der Waals surface area (Å²) in [6, 6.07) is 4.64. The first-order chi connectivity index (χ1) is 18.5.